The summed E-state index contributed by atoms with van der Waals surface area (Å²) in [5.41, 5.74) is -0.392. The number of aromatic nitrogens is 2. The summed E-state index contributed by atoms with van der Waals surface area (Å²) in [4.78, 5) is 47.0. The van der Waals surface area contributed by atoms with E-state index in [1.165, 1.54) is 18.2 Å². The molecule has 2 aliphatic heterocycles. The quantitative estimate of drug-likeness (QED) is 0.734. The number of anilines is 3. The number of carbonyl (C=O) groups is 2. The average molecular weight is 399 g/mol. The van der Waals surface area contributed by atoms with Crippen molar-refractivity contribution >= 4 is 29.3 Å². The van der Waals surface area contributed by atoms with Gasteiger partial charge in [0.15, 0.2) is 0 Å². The molecule has 1 fully saturated rings. The molecule has 2 aliphatic rings. The molecule has 29 heavy (non-hydrogen) atoms. The van der Waals surface area contributed by atoms with Gasteiger partial charge < -0.3 is 15.5 Å². The SMILES string of the molecule is CC1CCCCN1c1nc2c(c(=O)[nH]1)C(C(=O)Nc1ccccc1F)CC(=O)N2. The highest BCUT2D eigenvalue weighted by molar-refractivity contribution is 6.04. The highest BCUT2D eigenvalue weighted by Gasteiger charge is 2.35. The van der Waals surface area contributed by atoms with Crippen molar-refractivity contribution in [2.75, 3.05) is 22.1 Å². The third-order valence-corrected chi connectivity index (χ3v) is 5.46. The van der Waals surface area contributed by atoms with Crippen LogP contribution >= 0.6 is 0 Å². The molecule has 1 aromatic carbocycles. The molecule has 152 valence electrons. The fourth-order valence-corrected chi connectivity index (χ4v) is 3.91. The second-order valence-corrected chi connectivity index (χ2v) is 7.46. The van der Waals surface area contributed by atoms with Crippen molar-refractivity contribution < 1.29 is 14.0 Å². The first-order valence-electron chi connectivity index (χ1n) is 9.70. The monoisotopic (exact) mass is 399 g/mol. The van der Waals surface area contributed by atoms with Gasteiger partial charge in [-0.25, -0.2) is 4.39 Å². The number of para-hydroxylation sites is 1. The summed E-state index contributed by atoms with van der Waals surface area (Å²) in [6.07, 6.45) is 2.88. The normalized spacial score (nSPS) is 21.3. The standard InChI is InChI=1S/C20H22FN5O3/c1-11-6-4-5-9-26(11)20-24-17-16(19(29)25-20)12(10-15(27)23-17)18(28)22-14-8-3-2-7-13(14)21/h2-3,7-8,11-12H,4-6,9-10H2,1H3,(H,22,28)(H2,23,24,25,27,29). The molecule has 2 atom stereocenters. The first-order chi connectivity index (χ1) is 13.9. The number of carbonyl (C=O) groups excluding carboxylic acids is 2. The van der Waals surface area contributed by atoms with Gasteiger partial charge in [-0.1, -0.05) is 12.1 Å². The Balaban J connectivity index is 1.67. The van der Waals surface area contributed by atoms with Crippen LogP contribution in [0.4, 0.5) is 21.8 Å². The van der Waals surface area contributed by atoms with Gasteiger partial charge in [-0.15, -0.1) is 0 Å². The molecule has 0 radical (unpaired) electrons. The molecule has 1 aromatic heterocycles. The lowest BCUT2D eigenvalue weighted by molar-refractivity contribution is -0.123. The molecule has 4 rings (SSSR count). The zero-order valence-corrected chi connectivity index (χ0v) is 16.0. The van der Waals surface area contributed by atoms with Crippen LogP contribution < -0.4 is 21.1 Å². The average Bonchev–Trinajstić information content (AvgIpc) is 2.69. The van der Waals surface area contributed by atoms with E-state index in [2.05, 4.69) is 27.5 Å². The first-order valence-corrected chi connectivity index (χ1v) is 9.70. The summed E-state index contributed by atoms with van der Waals surface area (Å²) in [6.45, 7) is 2.82. The number of hydrogen-bond donors (Lipinski definition) is 3. The van der Waals surface area contributed by atoms with Crippen LogP contribution in [0.15, 0.2) is 29.1 Å². The Hall–Kier alpha value is -3.23. The van der Waals surface area contributed by atoms with Gasteiger partial charge in [0, 0.05) is 19.0 Å². The van der Waals surface area contributed by atoms with Gasteiger partial charge in [0.1, 0.15) is 11.6 Å². The smallest absolute Gasteiger partial charge is 0.258 e. The van der Waals surface area contributed by atoms with Crippen LogP contribution in [0.25, 0.3) is 0 Å². The number of hydrogen-bond acceptors (Lipinski definition) is 5. The minimum atomic E-state index is -1.05. The zero-order valence-electron chi connectivity index (χ0n) is 16.0. The van der Waals surface area contributed by atoms with Gasteiger partial charge in [0.25, 0.3) is 5.56 Å². The van der Waals surface area contributed by atoms with E-state index in [1.807, 2.05) is 4.90 Å². The molecule has 9 heteroatoms. The van der Waals surface area contributed by atoms with Crippen molar-refractivity contribution in [1.82, 2.24) is 9.97 Å². The van der Waals surface area contributed by atoms with E-state index in [4.69, 9.17) is 0 Å². The van der Waals surface area contributed by atoms with Crippen molar-refractivity contribution in [3.8, 4) is 0 Å². The summed E-state index contributed by atoms with van der Waals surface area (Å²) in [7, 11) is 0. The molecule has 2 unspecified atom stereocenters. The Morgan fingerprint density at radius 3 is 2.83 bits per heavy atom. The van der Waals surface area contributed by atoms with E-state index in [0.29, 0.717) is 5.95 Å². The molecule has 1 saturated heterocycles. The largest absolute Gasteiger partial charge is 0.340 e. The Bertz CT molecular complexity index is 1020. The summed E-state index contributed by atoms with van der Waals surface area (Å²) < 4.78 is 13.9. The second-order valence-electron chi connectivity index (χ2n) is 7.46. The maximum absolute atomic E-state index is 13.9. The van der Waals surface area contributed by atoms with E-state index >= 15 is 0 Å². The molecule has 3 heterocycles. The van der Waals surface area contributed by atoms with Crippen LogP contribution in [0.2, 0.25) is 0 Å². The van der Waals surface area contributed by atoms with E-state index in [9.17, 15) is 18.8 Å². The molecule has 8 nitrogen and oxygen atoms in total. The van der Waals surface area contributed by atoms with Gasteiger partial charge in [-0.2, -0.15) is 4.98 Å². The van der Waals surface area contributed by atoms with Crippen LogP contribution in [0.1, 0.15) is 44.1 Å². The number of nitrogens with zero attached hydrogens (tertiary/aromatic N) is 2. The first kappa shape index (κ1) is 19.1. The Morgan fingerprint density at radius 1 is 1.28 bits per heavy atom. The van der Waals surface area contributed by atoms with Crippen molar-refractivity contribution in [1.29, 1.82) is 0 Å². The number of piperidine rings is 1. The minimum Gasteiger partial charge on any atom is -0.340 e. The third-order valence-electron chi connectivity index (χ3n) is 5.46. The van der Waals surface area contributed by atoms with Crippen LogP contribution in [-0.4, -0.2) is 34.4 Å². The number of benzene rings is 1. The van der Waals surface area contributed by atoms with E-state index in [-0.39, 0.29) is 29.5 Å². The van der Waals surface area contributed by atoms with E-state index in [1.54, 1.807) is 6.07 Å². The Labute approximate surface area is 166 Å². The molecule has 2 amide bonds. The number of halogens is 1. The van der Waals surface area contributed by atoms with Crippen molar-refractivity contribution in [2.45, 2.75) is 44.6 Å². The van der Waals surface area contributed by atoms with Crippen molar-refractivity contribution in [2.24, 2.45) is 0 Å². The minimum absolute atomic E-state index is 0.00631. The van der Waals surface area contributed by atoms with Crippen LogP contribution in [0.5, 0.6) is 0 Å². The Kier molecular flexibility index (Phi) is 5.04. The summed E-state index contributed by atoms with van der Waals surface area (Å²) in [5, 5.41) is 5.07. The summed E-state index contributed by atoms with van der Waals surface area (Å²) >= 11 is 0. The van der Waals surface area contributed by atoms with Gasteiger partial charge >= 0.3 is 0 Å². The van der Waals surface area contributed by atoms with Gasteiger partial charge in [-0.05, 0) is 38.3 Å². The van der Waals surface area contributed by atoms with Crippen LogP contribution in [-0.2, 0) is 9.59 Å². The highest BCUT2D eigenvalue weighted by atomic mass is 19.1. The maximum Gasteiger partial charge on any atom is 0.258 e. The number of rotatable bonds is 3. The Morgan fingerprint density at radius 2 is 2.07 bits per heavy atom. The number of fused-ring (bicyclic) bond motifs is 1. The van der Waals surface area contributed by atoms with Crippen molar-refractivity contribution in [3.63, 3.8) is 0 Å². The fraction of sp³-hybridized carbons (Fsp3) is 0.400. The molecule has 2 aromatic rings. The molecule has 3 N–H and O–H groups in total. The lowest BCUT2D eigenvalue weighted by Crippen LogP contribution is -2.42. The third kappa shape index (κ3) is 3.72. The number of aromatic amines is 1. The molecule has 0 aliphatic carbocycles. The zero-order chi connectivity index (χ0) is 20.5. The number of nitrogens with one attached hydrogen (secondary N) is 3. The van der Waals surface area contributed by atoms with Gasteiger partial charge in [0.05, 0.1) is 17.2 Å². The highest BCUT2D eigenvalue weighted by Crippen LogP contribution is 2.31. The predicted molar refractivity (Wildman–Crippen MR) is 107 cm³/mol. The maximum atomic E-state index is 13.9. The van der Waals surface area contributed by atoms with Gasteiger partial charge in [-0.3, -0.25) is 19.4 Å². The second kappa shape index (κ2) is 7.65. The van der Waals surface area contributed by atoms with Crippen LogP contribution in [0, 0.1) is 5.82 Å². The topological polar surface area (TPSA) is 107 Å². The molecule has 0 bridgehead atoms. The summed E-state index contributed by atoms with van der Waals surface area (Å²) in [6, 6.07) is 5.94. The van der Waals surface area contributed by atoms with Gasteiger partial charge in [0.2, 0.25) is 17.8 Å². The van der Waals surface area contributed by atoms with Crippen molar-refractivity contribution in [3.05, 3.63) is 46.0 Å². The number of amides is 2. The van der Waals surface area contributed by atoms with E-state index in [0.717, 1.165) is 25.8 Å². The molecule has 0 saturated carbocycles. The lowest BCUT2D eigenvalue weighted by atomic mass is 9.92. The fourth-order valence-electron chi connectivity index (χ4n) is 3.91. The van der Waals surface area contributed by atoms with E-state index < -0.39 is 29.1 Å². The lowest BCUT2D eigenvalue weighted by Gasteiger charge is -2.34. The molecular weight excluding hydrogens is 377 g/mol. The summed E-state index contributed by atoms with van der Waals surface area (Å²) in [5.74, 6) is -2.22. The number of H-pyrrole nitrogens is 1. The molecule has 0 spiro atoms. The van der Waals surface area contributed by atoms with Crippen LogP contribution in [0.3, 0.4) is 0 Å². The predicted octanol–water partition coefficient (Wildman–Crippen LogP) is 2.35. The molecular formula is C20H22FN5O3.